The summed E-state index contributed by atoms with van der Waals surface area (Å²) in [5, 5.41) is 0. The number of rotatable bonds is 4. The number of carbonyl (C=O) groups excluding carboxylic acids is 1. The van der Waals surface area contributed by atoms with E-state index in [1.807, 2.05) is 35.2 Å². The van der Waals surface area contributed by atoms with Gasteiger partial charge in [0.25, 0.3) is 0 Å². The van der Waals surface area contributed by atoms with Crippen molar-refractivity contribution in [1.82, 2.24) is 9.88 Å². The Kier molecular flexibility index (Phi) is 3.31. The first-order valence-corrected chi connectivity index (χ1v) is 6.61. The van der Waals surface area contributed by atoms with Gasteiger partial charge in [0.2, 0.25) is 5.91 Å². The van der Waals surface area contributed by atoms with Crippen LogP contribution < -0.4 is 0 Å². The number of oxazole rings is 1. The molecule has 19 heavy (non-hydrogen) atoms. The number of aryl methyl sites for hydroxylation is 1. The van der Waals surface area contributed by atoms with Crippen LogP contribution in [0.3, 0.4) is 0 Å². The highest BCUT2D eigenvalue weighted by molar-refractivity contribution is 5.77. The molecular formula is C15H16N2O2. The zero-order valence-electron chi connectivity index (χ0n) is 10.7. The monoisotopic (exact) mass is 256 g/mol. The number of amides is 1. The lowest BCUT2D eigenvalue weighted by Gasteiger charge is -2.30. The zero-order valence-corrected chi connectivity index (χ0v) is 10.7. The Bertz CT molecular complexity index is 559. The third-order valence-corrected chi connectivity index (χ3v) is 3.37. The van der Waals surface area contributed by atoms with Gasteiger partial charge < -0.3 is 9.32 Å². The second-order valence-electron chi connectivity index (χ2n) is 4.72. The number of nitrogens with zero attached hydrogens (tertiary/aromatic N) is 2. The van der Waals surface area contributed by atoms with E-state index < -0.39 is 0 Å². The van der Waals surface area contributed by atoms with Gasteiger partial charge in [0, 0.05) is 31.5 Å². The van der Waals surface area contributed by atoms with Crippen molar-refractivity contribution in [2.75, 3.05) is 13.1 Å². The number of carbonyl (C=O) groups is 1. The third kappa shape index (κ3) is 2.67. The second kappa shape index (κ2) is 5.26. The minimum atomic E-state index is 0.200. The Balaban J connectivity index is 1.60. The van der Waals surface area contributed by atoms with Gasteiger partial charge in [-0.3, -0.25) is 4.79 Å². The van der Waals surface area contributed by atoms with E-state index in [1.165, 1.54) is 0 Å². The molecule has 0 saturated carbocycles. The van der Waals surface area contributed by atoms with Crippen LogP contribution in [-0.4, -0.2) is 28.9 Å². The third-order valence-electron chi connectivity index (χ3n) is 3.37. The average Bonchev–Trinajstić information content (AvgIpc) is 2.84. The molecule has 1 aromatic carbocycles. The maximum atomic E-state index is 11.7. The molecule has 0 bridgehead atoms. The molecule has 1 aliphatic heterocycles. The van der Waals surface area contributed by atoms with Crippen molar-refractivity contribution in [3.05, 3.63) is 42.4 Å². The van der Waals surface area contributed by atoms with Crippen molar-refractivity contribution in [1.29, 1.82) is 0 Å². The first-order chi connectivity index (χ1) is 9.33. The molecule has 0 spiro atoms. The lowest BCUT2D eigenvalue weighted by Crippen LogP contribution is -2.42. The highest BCUT2D eigenvalue weighted by atomic mass is 16.4. The highest BCUT2D eigenvalue weighted by Gasteiger charge is 2.20. The summed E-state index contributed by atoms with van der Waals surface area (Å²) in [6.45, 7) is 1.80. The van der Waals surface area contributed by atoms with E-state index in [2.05, 4.69) is 4.98 Å². The van der Waals surface area contributed by atoms with Crippen molar-refractivity contribution < 1.29 is 9.21 Å². The van der Waals surface area contributed by atoms with Crippen LogP contribution in [-0.2, 0) is 11.2 Å². The van der Waals surface area contributed by atoms with E-state index in [1.54, 1.807) is 6.20 Å². The molecule has 1 saturated heterocycles. The van der Waals surface area contributed by atoms with E-state index in [0.29, 0.717) is 18.7 Å². The number of hydrogen-bond acceptors (Lipinski definition) is 3. The van der Waals surface area contributed by atoms with Crippen molar-refractivity contribution in [3.63, 3.8) is 0 Å². The van der Waals surface area contributed by atoms with Crippen LogP contribution in [0.2, 0.25) is 0 Å². The number of hydrogen-bond donors (Lipinski definition) is 0. The molecule has 0 N–H and O–H groups in total. The standard InChI is InChI=1S/C15H16N2O2/c18-15(17-9-4-10-17)8-7-14-16-11-13(19-14)12-5-2-1-3-6-12/h1-3,5-6,11H,4,7-10H2. The molecule has 4 nitrogen and oxygen atoms in total. The van der Waals surface area contributed by atoms with Gasteiger partial charge in [-0.05, 0) is 6.42 Å². The molecule has 0 atom stereocenters. The smallest absolute Gasteiger partial charge is 0.223 e. The Labute approximate surface area is 112 Å². The van der Waals surface area contributed by atoms with E-state index in [-0.39, 0.29) is 5.91 Å². The summed E-state index contributed by atoms with van der Waals surface area (Å²) in [5.41, 5.74) is 1.01. The van der Waals surface area contributed by atoms with Crippen LogP contribution in [0.15, 0.2) is 40.9 Å². The van der Waals surface area contributed by atoms with E-state index in [9.17, 15) is 4.79 Å². The predicted octanol–water partition coefficient (Wildman–Crippen LogP) is 2.51. The molecule has 1 amide bonds. The summed E-state index contributed by atoms with van der Waals surface area (Å²) >= 11 is 0. The van der Waals surface area contributed by atoms with Crippen molar-refractivity contribution in [2.24, 2.45) is 0 Å². The molecule has 2 aromatic rings. The van der Waals surface area contributed by atoms with E-state index >= 15 is 0 Å². The summed E-state index contributed by atoms with van der Waals surface area (Å²) in [4.78, 5) is 17.8. The molecule has 2 heterocycles. The summed E-state index contributed by atoms with van der Waals surface area (Å²) in [5.74, 6) is 1.59. The fourth-order valence-electron chi connectivity index (χ4n) is 2.10. The number of likely N-dealkylation sites (tertiary alicyclic amines) is 1. The summed E-state index contributed by atoms with van der Waals surface area (Å²) < 4.78 is 5.67. The van der Waals surface area contributed by atoms with E-state index in [4.69, 9.17) is 4.42 Å². The van der Waals surface area contributed by atoms with Crippen molar-refractivity contribution in [3.8, 4) is 11.3 Å². The molecule has 98 valence electrons. The summed E-state index contributed by atoms with van der Waals surface area (Å²) in [7, 11) is 0. The summed E-state index contributed by atoms with van der Waals surface area (Å²) in [6, 6.07) is 9.85. The van der Waals surface area contributed by atoms with Crippen LogP contribution in [0.5, 0.6) is 0 Å². The molecule has 0 aliphatic carbocycles. The highest BCUT2D eigenvalue weighted by Crippen LogP contribution is 2.20. The minimum Gasteiger partial charge on any atom is -0.441 e. The van der Waals surface area contributed by atoms with Crippen LogP contribution >= 0.6 is 0 Å². The van der Waals surface area contributed by atoms with Crippen molar-refractivity contribution in [2.45, 2.75) is 19.3 Å². The average molecular weight is 256 g/mol. The normalized spacial score (nSPS) is 14.2. The Morgan fingerprint density at radius 1 is 1.26 bits per heavy atom. The fourth-order valence-corrected chi connectivity index (χ4v) is 2.10. The van der Waals surface area contributed by atoms with E-state index in [0.717, 1.165) is 30.8 Å². The van der Waals surface area contributed by atoms with Crippen molar-refractivity contribution >= 4 is 5.91 Å². The Hall–Kier alpha value is -2.10. The second-order valence-corrected chi connectivity index (χ2v) is 4.72. The number of aromatic nitrogens is 1. The summed E-state index contributed by atoms with van der Waals surface area (Å²) in [6.07, 6.45) is 3.90. The maximum absolute atomic E-state index is 11.7. The molecule has 0 radical (unpaired) electrons. The Morgan fingerprint density at radius 3 is 2.74 bits per heavy atom. The number of benzene rings is 1. The largest absolute Gasteiger partial charge is 0.441 e. The quantitative estimate of drug-likeness (QED) is 0.844. The zero-order chi connectivity index (χ0) is 13.1. The van der Waals surface area contributed by atoms with Crippen LogP contribution in [0.25, 0.3) is 11.3 Å². The van der Waals surface area contributed by atoms with Crippen LogP contribution in [0.1, 0.15) is 18.7 Å². The molecular weight excluding hydrogens is 240 g/mol. The first-order valence-electron chi connectivity index (χ1n) is 6.61. The van der Waals surface area contributed by atoms with Gasteiger partial charge in [0.15, 0.2) is 11.7 Å². The first kappa shape index (κ1) is 12.0. The van der Waals surface area contributed by atoms with Gasteiger partial charge in [0.05, 0.1) is 6.20 Å². The molecule has 1 aliphatic rings. The molecule has 0 unspecified atom stereocenters. The molecule has 3 rings (SSSR count). The Morgan fingerprint density at radius 2 is 2.05 bits per heavy atom. The van der Waals surface area contributed by atoms with Gasteiger partial charge in [-0.1, -0.05) is 30.3 Å². The predicted molar refractivity (Wildman–Crippen MR) is 71.5 cm³/mol. The lowest BCUT2D eigenvalue weighted by molar-refractivity contribution is -0.134. The van der Waals surface area contributed by atoms with Gasteiger partial charge >= 0.3 is 0 Å². The van der Waals surface area contributed by atoms with Gasteiger partial charge in [0.1, 0.15) is 0 Å². The van der Waals surface area contributed by atoms with Gasteiger partial charge in [-0.2, -0.15) is 0 Å². The fraction of sp³-hybridized carbons (Fsp3) is 0.333. The van der Waals surface area contributed by atoms with Crippen LogP contribution in [0.4, 0.5) is 0 Å². The molecule has 1 aromatic heterocycles. The minimum absolute atomic E-state index is 0.200. The van der Waals surface area contributed by atoms with Crippen LogP contribution in [0, 0.1) is 0 Å². The van der Waals surface area contributed by atoms with Gasteiger partial charge in [-0.15, -0.1) is 0 Å². The molecule has 4 heteroatoms. The molecule has 1 fully saturated rings. The van der Waals surface area contributed by atoms with Gasteiger partial charge in [-0.25, -0.2) is 4.98 Å². The maximum Gasteiger partial charge on any atom is 0.223 e. The lowest BCUT2D eigenvalue weighted by atomic mass is 10.2. The SMILES string of the molecule is O=C(CCc1ncc(-c2ccccc2)o1)N1CCC1. The topological polar surface area (TPSA) is 46.3 Å².